The van der Waals surface area contributed by atoms with E-state index in [0.717, 1.165) is 0 Å². The number of hydrogen-bond donors (Lipinski definition) is 3. The maximum atomic E-state index is 11.7. The first-order chi connectivity index (χ1) is 7.19. The van der Waals surface area contributed by atoms with Crippen LogP contribution >= 0.6 is 0 Å². The van der Waals surface area contributed by atoms with Crippen molar-refractivity contribution in [2.45, 2.75) is 0 Å². The fraction of sp³-hybridized carbons (Fsp3) is 0.333. The van der Waals surface area contributed by atoms with E-state index in [2.05, 4.69) is 10.4 Å². The molecule has 6 nitrogen and oxygen atoms in total. The van der Waals surface area contributed by atoms with Crippen molar-refractivity contribution in [1.29, 1.82) is 0 Å². The summed E-state index contributed by atoms with van der Waals surface area (Å²) in [4.78, 5) is 17.1. The van der Waals surface area contributed by atoms with E-state index in [0.29, 0.717) is 11.5 Å². The van der Waals surface area contributed by atoms with E-state index < -0.39 is 0 Å². The van der Waals surface area contributed by atoms with Crippen molar-refractivity contribution in [2.75, 3.05) is 25.6 Å². The van der Waals surface area contributed by atoms with Gasteiger partial charge in [-0.15, -0.1) is 0 Å². The SMILES string of the molecule is CN(CCO)C(=O)c1cccc(NN)n1. The molecule has 0 saturated heterocycles. The number of likely N-dealkylation sites (N-methyl/N-ethyl adjacent to an activating group) is 1. The van der Waals surface area contributed by atoms with Gasteiger partial charge < -0.3 is 15.4 Å². The highest BCUT2D eigenvalue weighted by molar-refractivity contribution is 5.92. The Morgan fingerprint density at radius 2 is 2.40 bits per heavy atom. The molecule has 4 N–H and O–H groups in total. The van der Waals surface area contributed by atoms with Crippen molar-refractivity contribution in [1.82, 2.24) is 9.88 Å². The van der Waals surface area contributed by atoms with Gasteiger partial charge in [-0.25, -0.2) is 10.8 Å². The largest absolute Gasteiger partial charge is 0.395 e. The summed E-state index contributed by atoms with van der Waals surface area (Å²) in [6, 6.07) is 4.93. The lowest BCUT2D eigenvalue weighted by Crippen LogP contribution is -2.30. The molecule has 0 saturated carbocycles. The number of carbonyl (C=O) groups is 1. The van der Waals surface area contributed by atoms with Crippen LogP contribution in [0.3, 0.4) is 0 Å². The van der Waals surface area contributed by atoms with Gasteiger partial charge in [-0.3, -0.25) is 4.79 Å². The number of hydrogen-bond acceptors (Lipinski definition) is 5. The molecule has 1 heterocycles. The number of rotatable bonds is 4. The molecular formula is C9H14N4O2. The highest BCUT2D eigenvalue weighted by Crippen LogP contribution is 2.05. The summed E-state index contributed by atoms with van der Waals surface area (Å²) in [6.45, 7) is 0.206. The standard InChI is InChI=1S/C9H14N4O2/c1-13(5-6-14)9(15)7-3-2-4-8(11-7)12-10/h2-4,14H,5-6,10H2,1H3,(H,11,12). The van der Waals surface area contributed by atoms with Gasteiger partial charge in [-0.05, 0) is 12.1 Å². The zero-order valence-electron chi connectivity index (χ0n) is 8.47. The van der Waals surface area contributed by atoms with Gasteiger partial charge >= 0.3 is 0 Å². The van der Waals surface area contributed by atoms with Gasteiger partial charge in [0.05, 0.1) is 6.61 Å². The summed E-state index contributed by atoms with van der Waals surface area (Å²) in [7, 11) is 1.60. The summed E-state index contributed by atoms with van der Waals surface area (Å²) >= 11 is 0. The van der Waals surface area contributed by atoms with Crippen molar-refractivity contribution in [2.24, 2.45) is 5.84 Å². The molecule has 0 spiro atoms. The van der Waals surface area contributed by atoms with Gasteiger partial charge in [0.25, 0.3) is 5.91 Å². The number of nitrogens with one attached hydrogen (secondary N) is 1. The van der Waals surface area contributed by atoms with Crippen LogP contribution in [0.4, 0.5) is 5.82 Å². The summed E-state index contributed by atoms with van der Waals surface area (Å²) in [6.07, 6.45) is 0. The number of nitrogen functional groups attached to an aromatic ring is 1. The van der Waals surface area contributed by atoms with E-state index >= 15 is 0 Å². The maximum absolute atomic E-state index is 11.7. The molecule has 0 unspecified atom stereocenters. The van der Waals surface area contributed by atoms with Crippen molar-refractivity contribution in [3.05, 3.63) is 23.9 Å². The molecule has 0 aromatic carbocycles. The molecule has 15 heavy (non-hydrogen) atoms. The molecule has 0 radical (unpaired) electrons. The molecule has 1 amide bonds. The van der Waals surface area contributed by atoms with E-state index in [4.69, 9.17) is 10.9 Å². The Balaban J connectivity index is 2.81. The van der Waals surface area contributed by atoms with Crippen LogP contribution in [-0.4, -0.2) is 41.1 Å². The number of aromatic nitrogens is 1. The summed E-state index contributed by atoms with van der Waals surface area (Å²) in [5.41, 5.74) is 2.65. The molecule has 0 atom stereocenters. The third-order valence-corrected chi connectivity index (χ3v) is 1.90. The molecule has 6 heteroatoms. The Bertz CT molecular complexity index is 343. The van der Waals surface area contributed by atoms with Crippen LogP contribution < -0.4 is 11.3 Å². The first-order valence-electron chi connectivity index (χ1n) is 4.49. The minimum absolute atomic E-state index is 0.0724. The van der Waals surface area contributed by atoms with E-state index in [1.54, 1.807) is 25.2 Å². The molecule has 0 aliphatic rings. The zero-order valence-corrected chi connectivity index (χ0v) is 8.47. The number of aliphatic hydroxyl groups excluding tert-OH is 1. The number of anilines is 1. The van der Waals surface area contributed by atoms with Crippen LogP contribution in [0.25, 0.3) is 0 Å². The molecule has 1 aromatic heterocycles. The predicted octanol–water partition coefficient (Wildman–Crippen LogP) is -0.569. The lowest BCUT2D eigenvalue weighted by Gasteiger charge is -2.15. The Hall–Kier alpha value is -1.66. The molecule has 1 rings (SSSR count). The predicted molar refractivity (Wildman–Crippen MR) is 56.1 cm³/mol. The number of aliphatic hydroxyl groups is 1. The lowest BCUT2D eigenvalue weighted by molar-refractivity contribution is 0.0761. The van der Waals surface area contributed by atoms with Crippen molar-refractivity contribution in [3.63, 3.8) is 0 Å². The molecule has 0 aliphatic heterocycles. The second-order valence-corrected chi connectivity index (χ2v) is 3.00. The highest BCUT2D eigenvalue weighted by Gasteiger charge is 2.12. The molecular weight excluding hydrogens is 196 g/mol. The molecule has 0 fully saturated rings. The first-order valence-corrected chi connectivity index (χ1v) is 4.49. The van der Waals surface area contributed by atoms with Crippen molar-refractivity contribution in [3.8, 4) is 0 Å². The van der Waals surface area contributed by atoms with Gasteiger partial charge in [0.1, 0.15) is 11.5 Å². The van der Waals surface area contributed by atoms with Crippen molar-refractivity contribution < 1.29 is 9.90 Å². The van der Waals surface area contributed by atoms with Crippen LogP contribution in [-0.2, 0) is 0 Å². The molecule has 1 aromatic rings. The van der Waals surface area contributed by atoms with Gasteiger partial charge in [0.15, 0.2) is 0 Å². The smallest absolute Gasteiger partial charge is 0.272 e. The number of pyridine rings is 1. The van der Waals surface area contributed by atoms with Crippen molar-refractivity contribution >= 4 is 11.7 Å². The van der Waals surface area contributed by atoms with Crippen LogP contribution in [0.2, 0.25) is 0 Å². The number of carbonyl (C=O) groups excluding carboxylic acids is 1. The normalized spacial score (nSPS) is 9.80. The van der Waals surface area contributed by atoms with Gasteiger partial charge in [-0.1, -0.05) is 6.07 Å². The molecule has 0 bridgehead atoms. The Morgan fingerprint density at radius 1 is 1.67 bits per heavy atom. The van der Waals surface area contributed by atoms with Crippen LogP contribution in [0, 0.1) is 0 Å². The summed E-state index contributed by atoms with van der Waals surface area (Å²) in [5.74, 6) is 5.36. The van der Waals surface area contributed by atoms with E-state index in [1.807, 2.05) is 0 Å². The number of amides is 1. The number of nitrogens with zero attached hydrogens (tertiary/aromatic N) is 2. The second-order valence-electron chi connectivity index (χ2n) is 3.00. The van der Waals surface area contributed by atoms with Gasteiger partial charge in [0, 0.05) is 13.6 Å². The van der Waals surface area contributed by atoms with Crippen LogP contribution in [0.15, 0.2) is 18.2 Å². The fourth-order valence-electron chi connectivity index (χ4n) is 1.08. The first kappa shape index (κ1) is 11.4. The lowest BCUT2D eigenvalue weighted by atomic mass is 10.3. The molecule has 82 valence electrons. The Kier molecular flexibility index (Phi) is 4.02. The minimum atomic E-state index is -0.249. The van der Waals surface area contributed by atoms with E-state index in [1.165, 1.54) is 4.90 Å². The fourth-order valence-corrected chi connectivity index (χ4v) is 1.08. The van der Waals surface area contributed by atoms with Crippen LogP contribution in [0.5, 0.6) is 0 Å². The van der Waals surface area contributed by atoms with E-state index in [9.17, 15) is 4.79 Å². The zero-order chi connectivity index (χ0) is 11.3. The Labute approximate surface area is 87.7 Å². The summed E-state index contributed by atoms with van der Waals surface area (Å²) < 4.78 is 0. The number of nitrogens with two attached hydrogens (primary N) is 1. The monoisotopic (exact) mass is 210 g/mol. The minimum Gasteiger partial charge on any atom is -0.395 e. The van der Waals surface area contributed by atoms with E-state index in [-0.39, 0.29) is 19.1 Å². The molecule has 0 aliphatic carbocycles. The Morgan fingerprint density at radius 3 is 3.00 bits per heavy atom. The van der Waals surface area contributed by atoms with Crippen LogP contribution in [0.1, 0.15) is 10.5 Å². The third-order valence-electron chi connectivity index (χ3n) is 1.90. The maximum Gasteiger partial charge on any atom is 0.272 e. The topological polar surface area (TPSA) is 91.5 Å². The highest BCUT2D eigenvalue weighted by atomic mass is 16.3. The average molecular weight is 210 g/mol. The average Bonchev–Trinajstić information content (AvgIpc) is 2.28. The van der Waals surface area contributed by atoms with Gasteiger partial charge in [0.2, 0.25) is 0 Å². The third kappa shape index (κ3) is 2.90. The second kappa shape index (κ2) is 5.28. The van der Waals surface area contributed by atoms with Gasteiger partial charge in [-0.2, -0.15) is 0 Å². The summed E-state index contributed by atoms with van der Waals surface area (Å²) in [5, 5.41) is 8.69. The quantitative estimate of drug-likeness (QED) is 0.457. The number of hydrazine groups is 1.